The van der Waals surface area contributed by atoms with Crippen molar-refractivity contribution in [1.82, 2.24) is 0 Å². The third kappa shape index (κ3) is 4.29. The number of aliphatic hydroxyl groups is 1. The molecule has 0 saturated heterocycles. The summed E-state index contributed by atoms with van der Waals surface area (Å²) >= 11 is 5.75. The van der Waals surface area contributed by atoms with E-state index in [1.165, 1.54) is 0 Å². The van der Waals surface area contributed by atoms with E-state index in [0.717, 1.165) is 6.08 Å². The molecule has 1 N–H and O–H groups in total. The number of allylic oxidation sites excluding steroid dienone is 1. The molecule has 0 aromatic heterocycles. The van der Waals surface area contributed by atoms with Gasteiger partial charge in [-0.2, -0.15) is 0 Å². The van der Waals surface area contributed by atoms with Crippen LogP contribution in [-0.4, -0.2) is 16.7 Å². The Kier molecular flexibility index (Phi) is 4.90. The van der Waals surface area contributed by atoms with Crippen molar-refractivity contribution in [3.05, 3.63) is 76.8 Å². The van der Waals surface area contributed by atoms with Gasteiger partial charge in [-0.25, -0.2) is 0 Å². The van der Waals surface area contributed by atoms with E-state index in [0.29, 0.717) is 16.1 Å². The molecule has 0 aliphatic rings. The lowest BCUT2D eigenvalue weighted by Crippen LogP contribution is -2.06. The van der Waals surface area contributed by atoms with Gasteiger partial charge in [-0.3, -0.25) is 9.59 Å². The Labute approximate surface area is 127 Å². The number of carbonyl (C=O) groups is 2. The highest BCUT2D eigenvalue weighted by atomic mass is 35.5. The Morgan fingerprint density at radius 2 is 1.57 bits per heavy atom. The first-order chi connectivity index (χ1) is 10.1. The van der Waals surface area contributed by atoms with Crippen LogP contribution in [0.15, 0.2) is 60.7 Å². The number of ketones is 2. The van der Waals surface area contributed by atoms with E-state index in [9.17, 15) is 14.7 Å². The monoisotopic (exact) mass is 300 g/mol. The molecule has 0 aliphatic carbocycles. The standard InChI is InChI=1S/C17H13ClO3/c18-14-8-6-13(7-9-14)17(21)11-15(19)10-16(20)12-4-2-1-3-5-12/h1-9,11,21H,10H2. The van der Waals surface area contributed by atoms with Crippen LogP contribution < -0.4 is 0 Å². The Morgan fingerprint density at radius 3 is 2.19 bits per heavy atom. The van der Waals surface area contributed by atoms with E-state index in [1.807, 2.05) is 0 Å². The zero-order valence-electron chi connectivity index (χ0n) is 11.1. The predicted octanol–water partition coefficient (Wildman–Crippen LogP) is 4.08. The third-order valence-corrected chi connectivity index (χ3v) is 3.12. The molecule has 0 atom stereocenters. The van der Waals surface area contributed by atoms with Crippen LogP contribution in [0.25, 0.3) is 5.76 Å². The molecular weight excluding hydrogens is 288 g/mol. The zero-order chi connectivity index (χ0) is 15.2. The smallest absolute Gasteiger partial charge is 0.170 e. The lowest BCUT2D eigenvalue weighted by Gasteiger charge is -2.01. The number of halogens is 1. The highest BCUT2D eigenvalue weighted by Gasteiger charge is 2.11. The van der Waals surface area contributed by atoms with Gasteiger partial charge in [0.25, 0.3) is 0 Å². The summed E-state index contributed by atoms with van der Waals surface area (Å²) in [6, 6.07) is 15.0. The topological polar surface area (TPSA) is 54.4 Å². The van der Waals surface area contributed by atoms with E-state index in [1.54, 1.807) is 54.6 Å². The van der Waals surface area contributed by atoms with Gasteiger partial charge >= 0.3 is 0 Å². The summed E-state index contributed by atoms with van der Waals surface area (Å²) in [6.45, 7) is 0. The largest absolute Gasteiger partial charge is 0.507 e. The number of carbonyl (C=O) groups excluding carboxylic acids is 2. The van der Waals surface area contributed by atoms with Crippen LogP contribution in [0.3, 0.4) is 0 Å². The first-order valence-corrected chi connectivity index (χ1v) is 6.72. The van der Waals surface area contributed by atoms with Gasteiger partial charge in [0.2, 0.25) is 0 Å². The molecule has 2 aromatic carbocycles. The molecule has 0 amide bonds. The molecule has 2 aromatic rings. The predicted molar refractivity (Wildman–Crippen MR) is 82.5 cm³/mol. The van der Waals surface area contributed by atoms with Crippen molar-refractivity contribution < 1.29 is 14.7 Å². The van der Waals surface area contributed by atoms with Crippen LogP contribution >= 0.6 is 11.6 Å². The summed E-state index contributed by atoms with van der Waals surface area (Å²) in [6.07, 6.45) is 0.783. The van der Waals surface area contributed by atoms with E-state index >= 15 is 0 Å². The SMILES string of the molecule is O=C(C=C(O)c1ccc(Cl)cc1)CC(=O)c1ccccc1. The van der Waals surface area contributed by atoms with Crippen LogP contribution in [0.2, 0.25) is 5.02 Å². The van der Waals surface area contributed by atoms with Crippen molar-refractivity contribution >= 4 is 28.9 Å². The molecule has 0 saturated carbocycles. The van der Waals surface area contributed by atoms with Crippen molar-refractivity contribution in [2.45, 2.75) is 6.42 Å². The summed E-state index contributed by atoms with van der Waals surface area (Å²) in [5.41, 5.74) is 0.949. The van der Waals surface area contributed by atoms with Crippen molar-refractivity contribution in [3.63, 3.8) is 0 Å². The number of benzene rings is 2. The summed E-state index contributed by atoms with van der Waals surface area (Å²) in [7, 11) is 0. The maximum Gasteiger partial charge on any atom is 0.170 e. The molecule has 0 bridgehead atoms. The first-order valence-electron chi connectivity index (χ1n) is 6.34. The lowest BCUT2D eigenvalue weighted by atomic mass is 10.0. The summed E-state index contributed by atoms with van der Waals surface area (Å²) in [5.74, 6) is -0.908. The second-order valence-corrected chi connectivity index (χ2v) is 4.91. The van der Waals surface area contributed by atoms with Crippen LogP contribution in [0.1, 0.15) is 22.3 Å². The van der Waals surface area contributed by atoms with Crippen LogP contribution in [0, 0.1) is 0 Å². The normalized spacial score (nSPS) is 11.2. The first kappa shape index (κ1) is 15.0. The fourth-order valence-electron chi connectivity index (χ4n) is 1.79. The molecule has 3 nitrogen and oxygen atoms in total. The zero-order valence-corrected chi connectivity index (χ0v) is 11.9. The average Bonchev–Trinajstić information content (AvgIpc) is 2.48. The minimum atomic E-state index is -0.448. The van der Waals surface area contributed by atoms with Gasteiger partial charge in [0, 0.05) is 22.2 Å². The number of aliphatic hydroxyl groups excluding tert-OH is 1. The van der Waals surface area contributed by atoms with Gasteiger partial charge in [-0.1, -0.05) is 41.9 Å². The van der Waals surface area contributed by atoms with Gasteiger partial charge in [-0.15, -0.1) is 0 Å². The molecule has 0 aliphatic heterocycles. The summed E-state index contributed by atoms with van der Waals surface area (Å²) < 4.78 is 0. The summed E-state index contributed by atoms with van der Waals surface area (Å²) in [5, 5.41) is 10.4. The van der Waals surface area contributed by atoms with Crippen molar-refractivity contribution in [2.75, 3.05) is 0 Å². The quantitative estimate of drug-likeness (QED) is 0.392. The molecule has 2 rings (SSSR count). The van der Waals surface area contributed by atoms with Gasteiger partial charge in [0.05, 0.1) is 6.42 Å². The average molecular weight is 301 g/mol. The molecule has 4 heteroatoms. The van der Waals surface area contributed by atoms with Crippen molar-refractivity contribution in [2.24, 2.45) is 0 Å². The highest BCUT2D eigenvalue weighted by molar-refractivity contribution is 6.30. The van der Waals surface area contributed by atoms with Crippen molar-refractivity contribution in [3.8, 4) is 0 Å². The van der Waals surface area contributed by atoms with Gasteiger partial charge < -0.3 is 5.11 Å². The van der Waals surface area contributed by atoms with Crippen LogP contribution in [0.5, 0.6) is 0 Å². The molecular formula is C17H13ClO3. The summed E-state index contributed by atoms with van der Waals surface area (Å²) in [4.78, 5) is 23.7. The third-order valence-electron chi connectivity index (χ3n) is 2.87. The fourth-order valence-corrected chi connectivity index (χ4v) is 1.92. The molecule has 21 heavy (non-hydrogen) atoms. The number of hydrogen-bond acceptors (Lipinski definition) is 3. The van der Waals surface area contributed by atoms with E-state index in [-0.39, 0.29) is 18.0 Å². The Balaban J connectivity index is 2.05. The molecule has 0 heterocycles. The van der Waals surface area contributed by atoms with Crippen LogP contribution in [0.4, 0.5) is 0 Å². The molecule has 0 radical (unpaired) electrons. The van der Waals surface area contributed by atoms with Gasteiger partial charge in [0.15, 0.2) is 11.6 Å². The van der Waals surface area contributed by atoms with Crippen molar-refractivity contribution in [1.29, 1.82) is 0 Å². The van der Waals surface area contributed by atoms with Crippen LogP contribution in [-0.2, 0) is 4.79 Å². The molecule has 0 unspecified atom stereocenters. The molecule has 0 fully saturated rings. The second-order valence-electron chi connectivity index (χ2n) is 4.47. The minimum absolute atomic E-state index is 0.183. The molecule has 0 spiro atoms. The number of Topliss-reactive ketones (excluding diaryl/α,β-unsaturated/α-hetero) is 1. The Bertz CT molecular complexity index is 673. The Hall–Kier alpha value is -2.39. The highest BCUT2D eigenvalue weighted by Crippen LogP contribution is 2.16. The maximum absolute atomic E-state index is 11.9. The van der Waals surface area contributed by atoms with Gasteiger partial charge in [0.1, 0.15) is 5.76 Å². The Morgan fingerprint density at radius 1 is 0.952 bits per heavy atom. The van der Waals surface area contributed by atoms with Gasteiger partial charge in [-0.05, 0) is 24.3 Å². The number of rotatable bonds is 5. The lowest BCUT2D eigenvalue weighted by molar-refractivity contribution is -0.113. The van der Waals surface area contributed by atoms with E-state index in [4.69, 9.17) is 11.6 Å². The van der Waals surface area contributed by atoms with E-state index < -0.39 is 5.78 Å². The number of hydrogen-bond donors (Lipinski definition) is 1. The minimum Gasteiger partial charge on any atom is -0.507 e. The maximum atomic E-state index is 11.9. The van der Waals surface area contributed by atoms with E-state index in [2.05, 4.69) is 0 Å². The second kappa shape index (κ2) is 6.86. The fraction of sp³-hybridized carbons (Fsp3) is 0.0588. The molecule has 106 valence electrons.